The first-order valence-electron chi connectivity index (χ1n) is 7.32. The van der Waals surface area contributed by atoms with Crippen molar-refractivity contribution in [3.05, 3.63) is 0 Å². The Hall–Kier alpha value is -0.120. The molecule has 1 saturated carbocycles. The van der Waals surface area contributed by atoms with E-state index in [-0.39, 0.29) is 0 Å². The molecule has 1 saturated heterocycles. The third-order valence-corrected chi connectivity index (χ3v) is 4.43. The quantitative estimate of drug-likeness (QED) is 0.794. The Morgan fingerprint density at radius 1 is 1.24 bits per heavy atom. The summed E-state index contributed by atoms with van der Waals surface area (Å²) in [4.78, 5) is 2.54. The van der Waals surface area contributed by atoms with Crippen LogP contribution in [0.25, 0.3) is 0 Å². The number of rotatable bonds is 5. The van der Waals surface area contributed by atoms with Crippen LogP contribution in [0.3, 0.4) is 0 Å². The summed E-state index contributed by atoms with van der Waals surface area (Å²) in [7, 11) is 2.27. The Kier molecular flexibility index (Phi) is 5.26. The Morgan fingerprint density at radius 3 is 2.76 bits per heavy atom. The van der Waals surface area contributed by atoms with Crippen molar-refractivity contribution in [2.45, 2.75) is 51.1 Å². The topological polar surface area (TPSA) is 24.5 Å². The first-order valence-corrected chi connectivity index (χ1v) is 7.32. The molecule has 0 radical (unpaired) electrons. The lowest BCUT2D eigenvalue weighted by Gasteiger charge is -2.36. The zero-order valence-corrected chi connectivity index (χ0v) is 11.5. The molecule has 3 atom stereocenters. The van der Waals surface area contributed by atoms with Gasteiger partial charge in [0.1, 0.15) is 0 Å². The van der Waals surface area contributed by atoms with Gasteiger partial charge in [0, 0.05) is 25.2 Å². The molecule has 1 aliphatic carbocycles. The maximum atomic E-state index is 5.48. The van der Waals surface area contributed by atoms with Crippen LogP contribution in [0.15, 0.2) is 0 Å². The van der Waals surface area contributed by atoms with E-state index < -0.39 is 0 Å². The monoisotopic (exact) mass is 240 g/mol. The van der Waals surface area contributed by atoms with Crippen molar-refractivity contribution in [1.29, 1.82) is 0 Å². The summed E-state index contributed by atoms with van der Waals surface area (Å²) in [6.45, 7) is 6.47. The summed E-state index contributed by atoms with van der Waals surface area (Å²) in [5.74, 6) is 0.842. The highest BCUT2D eigenvalue weighted by Gasteiger charge is 2.28. The van der Waals surface area contributed by atoms with Crippen LogP contribution < -0.4 is 5.32 Å². The van der Waals surface area contributed by atoms with E-state index in [1.54, 1.807) is 0 Å². The van der Waals surface area contributed by atoms with Crippen LogP contribution in [0.5, 0.6) is 0 Å². The van der Waals surface area contributed by atoms with E-state index >= 15 is 0 Å². The number of ether oxygens (including phenoxy) is 1. The molecular weight excluding hydrogens is 212 g/mol. The normalized spacial score (nSPS) is 34.4. The largest absolute Gasteiger partial charge is 0.380 e. The molecule has 100 valence electrons. The standard InChI is InChI=1S/C14H28N2O/c1-3-15-14-7-5-4-6-12(14)10-16(2)13-8-9-17-11-13/h12-15H,3-11H2,1-2H3. The molecule has 1 N–H and O–H groups in total. The summed E-state index contributed by atoms with van der Waals surface area (Å²) in [6, 6.07) is 1.41. The fourth-order valence-electron chi connectivity index (χ4n) is 3.35. The molecule has 3 unspecified atom stereocenters. The Bertz CT molecular complexity index is 214. The summed E-state index contributed by atoms with van der Waals surface area (Å²) < 4.78 is 5.48. The van der Waals surface area contributed by atoms with Crippen molar-refractivity contribution in [3.8, 4) is 0 Å². The molecule has 1 aliphatic heterocycles. The van der Waals surface area contributed by atoms with Crippen molar-refractivity contribution in [1.82, 2.24) is 10.2 Å². The van der Waals surface area contributed by atoms with Gasteiger partial charge in [-0.15, -0.1) is 0 Å². The highest BCUT2D eigenvalue weighted by molar-refractivity contribution is 4.84. The molecule has 0 aromatic carbocycles. The SMILES string of the molecule is CCNC1CCCCC1CN(C)C1CCOC1. The Balaban J connectivity index is 1.81. The Labute approximate surface area is 106 Å². The van der Waals surface area contributed by atoms with Crippen LogP contribution in [0.2, 0.25) is 0 Å². The zero-order chi connectivity index (χ0) is 12.1. The van der Waals surface area contributed by atoms with Crippen molar-refractivity contribution in [2.75, 3.05) is 33.4 Å². The first-order chi connectivity index (χ1) is 8.31. The maximum absolute atomic E-state index is 5.48. The van der Waals surface area contributed by atoms with Crippen LogP contribution in [-0.4, -0.2) is 50.3 Å². The minimum atomic E-state index is 0.666. The number of nitrogens with one attached hydrogen (secondary N) is 1. The molecule has 0 bridgehead atoms. The predicted molar refractivity (Wildman–Crippen MR) is 71.3 cm³/mol. The van der Waals surface area contributed by atoms with E-state index in [2.05, 4.69) is 24.2 Å². The summed E-state index contributed by atoms with van der Waals surface area (Å²) >= 11 is 0. The lowest BCUT2D eigenvalue weighted by molar-refractivity contribution is 0.129. The second-order valence-electron chi connectivity index (χ2n) is 5.67. The molecule has 3 heteroatoms. The van der Waals surface area contributed by atoms with Crippen LogP contribution >= 0.6 is 0 Å². The van der Waals surface area contributed by atoms with Gasteiger partial charge < -0.3 is 15.0 Å². The van der Waals surface area contributed by atoms with Crippen molar-refractivity contribution in [2.24, 2.45) is 5.92 Å². The lowest BCUT2D eigenvalue weighted by atomic mass is 9.84. The van der Waals surface area contributed by atoms with Crippen molar-refractivity contribution >= 4 is 0 Å². The molecule has 0 spiro atoms. The van der Waals surface area contributed by atoms with Crippen LogP contribution in [-0.2, 0) is 4.74 Å². The van der Waals surface area contributed by atoms with Crippen LogP contribution in [0.1, 0.15) is 39.0 Å². The fraction of sp³-hybridized carbons (Fsp3) is 1.00. The van der Waals surface area contributed by atoms with E-state index in [1.807, 2.05) is 0 Å². The first kappa shape index (κ1) is 13.3. The number of hydrogen-bond acceptors (Lipinski definition) is 3. The molecule has 0 aromatic heterocycles. The van der Waals surface area contributed by atoms with Gasteiger partial charge >= 0.3 is 0 Å². The van der Waals surface area contributed by atoms with Gasteiger partial charge in [-0.25, -0.2) is 0 Å². The van der Waals surface area contributed by atoms with Crippen molar-refractivity contribution in [3.63, 3.8) is 0 Å². The summed E-state index contributed by atoms with van der Waals surface area (Å²) in [5.41, 5.74) is 0. The van der Waals surface area contributed by atoms with Crippen LogP contribution in [0.4, 0.5) is 0 Å². The third-order valence-electron chi connectivity index (χ3n) is 4.43. The minimum Gasteiger partial charge on any atom is -0.380 e. The van der Waals surface area contributed by atoms with Gasteiger partial charge in [-0.3, -0.25) is 0 Å². The van der Waals surface area contributed by atoms with Crippen LogP contribution in [0, 0.1) is 5.92 Å². The predicted octanol–water partition coefficient (Wildman–Crippen LogP) is 1.88. The summed E-state index contributed by atoms with van der Waals surface area (Å²) in [6.07, 6.45) is 6.81. The highest BCUT2D eigenvalue weighted by Crippen LogP contribution is 2.26. The molecule has 2 fully saturated rings. The molecule has 1 heterocycles. The van der Waals surface area contributed by atoms with Gasteiger partial charge in [-0.1, -0.05) is 19.8 Å². The van der Waals surface area contributed by atoms with Gasteiger partial charge in [-0.05, 0) is 38.8 Å². The third kappa shape index (κ3) is 3.67. The number of hydrogen-bond donors (Lipinski definition) is 1. The number of nitrogens with zero attached hydrogens (tertiary/aromatic N) is 1. The van der Waals surface area contributed by atoms with E-state index in [1.165, 1.54) is 38.6 Å². The van der Waals surface area contributed by atoms with Gasteiger partial charge in [0.15, 0.2) is 0 Å². The minimum absolute atomic E-state index is 0.666. The zero-order valence-electron chi connectivity index (χ0n) is 11.5. The van der Waals surface area contributed by atoms with Crippen molar-refractivity contribution < 1.29 is 4.74 Å². The summed E-state index contributed by atoms with van der Waals surface area (Å²) in [5, 5.41) is 3.67. The van der Waals surface area contributed by atoms with Gasteiger partial charge in [0.2, 0.25) is 0 Å². The van der Waals surface area contributed by atoms with Gasteiger partial charge in [-0.2, -0.15) is 0 Å². The van der Waals surface area contributed by atoms with E-state index in [0.29, 0.717) is 6.04 Å². The Morgan fingerprint density at radius 2 is 2.06 bits per heavy atom. The van der Waals surface area contributed by atoms with Gasteiger partial charge in [0.25, 0.3) is 0 Å². The molecule has 0 amide bonds. The second kappa shape index (κ2) is 6.72. The molecule has 3 nitrogen and oxygen atoms in total. The average Bonchev–Trinajstić information content (AvgIpc) is 2.85. The fourth-order valence-corrected chi connectivity index (χ4v) is 3.35. The van der Waals surface area contributed by atoms with Gasteiger partial charge in [0.05, 0.1) is 6.61 Å². The average molecular weight is 240 g/mol. The second-order valence-corrected chi connectivity index (χ2v) is 5.67. The van der Waals surface area contributed by atoms with E-state index in [9.17, 15) is 0 Å². The highest BCUT2D eigenvalue weighted by atomic mass is 16.5. The molecule has 2 aliphatic rings. The van der Waals surface area contributed by atoms with E-state index in [4.69, 9.17) is 4.74 Å². The molecule has 0 aromatic rings. The van der Waals surface area contributed by atoms with E-state index in [0.717, 1.165) is 31.7 Å². The lowest BCUT2D eigenvalue weighted by Crippen LogP contribution is -2.45. The smallest absolute Gasteiger partial charge is 0.0622 e. The molecule has 17 heavy (non-hydrogen) atoms. The molecular formula is C14H28N2O. The maximum Gasteiger partial charge on any atom is 0.0622 e. The molecule has 2 rings (SSSR count). The number of likely N-dealkylation sites (N-methyl/N-ethyl adjacent to an activating group) is 1.